The van der Waals surface area contributed by atoms with Crippen LogP contribution in [0.2, 0.25) is 0 Å². The molecule has 168 valence electrons. The molecule has 1 amide bonds. The highest BCUT2D eigenvalue weighted by atomic mass is 32.2. The zero-order valence-electron chi connectivity index (χ0n) is 18.1. The fourth-order valence-corrected chi connectivity index (χ4v) is 5.38. The van der Waals surface area contributed by atoms with E-state index < -0.39 is 15.9 Å². The number of methoxy groups -OCH3 is 1. The third-order valence-corrected chi connectivity index (χ3v) is 7.42. The van der Waals surface area contributed by atoms with Gasteiger partial charge in [-0.3, -0.25) is 4.79 Å². The van der Waals surface area contributed by atoms with Crippen molar-refractivity contribution in [1.29, 1.82) is 0 Å². The molecular weight excluding hydrogens is 428 g/mol. The van der Waals surface area contributed by atoms with Crippen LogP contribution in [-0.4, -0.2) is 48.6 Å². The lowest BCUT2D eigenvalue weighted by Crippen LogP contribution is -2.43. The molecule has 1 aliphatic rings. The quantitative estimate of drug-likeness (QED) is 0.617. The summed E-state index contributed by atoms with van der Waals surface area (Å²) in [6, 6.07) is 17.6. The van der Waals surface area contributed by atoms with Gasteiger partial charge in [0.2, 0.25) is 15.9 Å². The van der Waals surface area contributed by atoms with Gasteiger partial charge in [-0.1, -0.05) is 18.2 Å². The number of aromatic nitrogens is 2. The summed E-state index contributed by atoms with van der Waals surface area (Å²) in [5.74, 6) is 0.493. The Labute approximate surface area is 187 Å². The van der Waals surface area contributed by atoms with Gasteiger partial charge in [0.15, 0.2) is 0 Å². The molecular formula is C23H26N4O4S. The van der Waals surface area contributed by atoms with E-state index in [4.69, 9.17) is 4.74 Å². The van der Waals surface area contributed by atoms with E-state index in [1.807, 2.05) is 37.3 Å². The average molecular weight is 455 g/mol. The fraction of sp³-hybridized carbons (Fsp3) is 0.304. The SMILES string of the molecule is COc1ccc(S(=O)(=O)N2CCCC(C(=O)Nc3cc(C)nn3-c3ccccc3)C2)cc1. The monoisotopic (exact) mass is 454 g/mol. The molecule has 1 fully saturated rings. The van der Waals surface area contributed by atoms with Crippen LogP contribution < -0.4 is 10.1 Å². The van der Waals surface area contributed by atoms with Crippen molar-refractivity contribution in [2.75, 3.05) is 25.5 Å². The molecule has 2 heterocycles. The van der Waals surface area contributed by atoms with Crippen LogP contribution in [0, 0.1) is 12.8 Å². The number of amides is 1. The van der Waals surface area contributed by atoms with E-state index in [9.17, 15) is 13.2 Å². The van der Waals surface area contributed by atoms with Crippen LogP contribution in [0.3, 0.4) is 0 Å². The Balaban J connectivity index is 1.50. The first kappa shape index (κ1) is 22.0. The summed E-state index contributed by atoms with van der Waals surface area (Å²) in [4.78, 5) is 13.3. The molecule has 0 spiro atoms. The van der Waals surface area contributed by atoms with Crippen molar-refractivity contribution >= 4 is 21.7 Å². The molecule has 1 unspecified atom stereocenters. The number of carbonyl (C=O) groups is 1. The first-order valence-corrected chi connectivity index (χ1v) is 11.9. The van der Waals surface area contributed by atoms with E-state index in [0.29, 0.717) is 31.0 Å². The third-order valence-electron chi connectivity index (χ3n) is 5.54. The number of piperidine rings is 1. The van der Waals surface area contributed by atoms with Crippen molar-refractivity contribution in [3.05, 3.63) is 66.4 Å². The standard InChI is InChI=1S/C23H26N4O4S/c1-17-15-22(27(25-17)19-8-4-3-5-9-19)24-23(28)18-7-6-14-26(16-18)32(29,30)21-12-10-20(31-2)11-13-21/h3-5,8-13,15,18H,6-7,14,16H2,1-2H3,(H,24,28). The molecule has 4 rings (SSSR count). The highest BCUT2D eigenvalue weighted by Gasteiger charge is 2.33. The van der Waals surface area contributed by atoms with Crippen molar-refractivity contribution in [2.45, 2.75) is 24.7 Å². The largest absolute Gasteiger partial charge is 0.497 e. The number of benzene rings is 2. The summed E-state index contributed by atoms with van der Waals surface area (Å²) in [7, 11) is -2.16. The highest BCUT2D eigenvalue weighted by molar-refractivity contribution is 7.89. The van der Waals surface area contributed by atoms with Gasteiger partial charge >= 0.3 is 0 Å². The van der Waals surface area contributed by atoms with Crippen LogP contribution in [0.25, 0.3) is 5.69 Å². The number of sulfonamides is 1. The Morgan fingerprint density at radius 1 is 1.12 bits per heavy atom. The summed E-state index contributed by atoms with van der Waals surface area (Å²) in [5.41, 5.74) is 1.61. The molecule has 0 radical (unpaired) electrons. The number of rotatable bonds is 6. The first-order chi connectivity index (χ1) is 15.4. The number of nitrogens with zero attached hydrogens (tertiary/aromatic N) is 3. The van der Waals surface area contributed by atoms with Gasteiger partial charge in [-0.15, -0.1) is 0 Å². The van der Waals surface area contributed by atoms with Gasteiger partial charge in [0.1, 0.15) is 11.6 Å². The molecule has 8 nitrogen and oxygen atoms in total. The molecule has 3 aromatic rings. The van der Waals surface area contributed by atoms with Crippen LogP contribution in [0.15, 0.2) is 65.6 Å². The molecule has 1 N–H and O–H groups in total. The molecule has 1 atom stereocenters. The van der Waals surface area contributed by atoms with Crippen molar-refractivity contribution in [2.24, 2.45) is 5.92 Å². The molecule has 0 aliphatic carbocycles. The smallest absolute Gasteiger partial charge is 0.243 e. The Kier molecular flexibility index (Phi) is 6.29. The Morgan fingerprint density at radius 2 is 1.84 bits per heavy atom. The molecule has 1 aliphatic heterocycles. The summed E-state index contributed by atoms with van der Waals surface area (Å²) in [5, 5.41) is 7.42. The lowest BCUT2D eigenvalue weighted by Gasteiger charge is -2.31. The lowest BCUT2D eigenvalue weighted by molar-refractivity contribution is -0.120. The minimum Gasteiger partial charge on any atom is -0.497 e. The number of ether oxygens (including phenoxy) is 1. The lowest BCUT2D eigenvalue weighted by atomic mass is 9.99. The van der Waals surface area contributed by atoms with Crippen molar-refractivity contribution in [3.63, 3.8) is 0 Å². The van der Waals surface area contributed by atoms with Crippen LogP contribution in [-0.2, 0) is 14.8 Å². The number of anilines is 1. The van der Waals surface area contributed by atoms with Gasteiger partial charge in [0, 0.05) is 19.2 Å². The summed E-state index contributed by atoms with van der Waals surface area (Å²) >= 11 is 0. The second-order valence-corrected chi connectivity index (χ2v) is 9.72. The third kappa shape index (κ3) is 4.53. The topological polar surface area (TPSA) is 93.5 Å². The predicted octanol–water partition coefficient (Wildman–Crippen LogP) is 3.23. The zero-order valence-corrected chi connectivity index (χ0v) is 18.9. The predicted molar refractivity (Wildman–Crippen MR) is 121 cm³/mol. The Morgan fingerprint density at radius 3 is 2.53 bits per heavy atom. The van der Waals surface area contributed by atoms with Gasteiger partial charge in [0.25, 0.3) is 0 Å². The van der Waals surface area contributed by atoms with Crippen molar-refractivity contribution < 1.29 is 17.9 Å². The number of aryl methyl sites for hydroxylation is 1. The maximum absolute atomic E-state index is 13.1. The van der Waals surface area contributed by atoms with Gasteiger partial charge in [-0.05, 0) is 56.2 Å². The first-order valence-electron chi connectivity index (χ1n) is 10.5. The molecule has 1 saturated heterocycles. The molecule has 32 heavy (non-hydrogen) atoms. The Hall–Kier alpha value is -3.17. The van der Waals surface area contributed by atoms with E-state index in [0.717, 1.165) is 11.4 Å². The molecule has 0 bridgehead atoms. The minimum atomic E-state index is -3.69. The van der Waals surface area contributed by atoms with Gasteiger partial charge in [-0.25, -0.2) is 13.1 Å². The maximum atomic E-state index is 13.1. The van der Waals surface area contributed by atoms with Gasteiger partial charge < -0.3 is 10.1 Å². The summed E-state index contributed by atoms with van der Waals surface area (Å²) < 4.78 is 34.4. The maximum Gasteiger partial charge on any atom is 0.243 e. The van der Waals surface area contributed by atoms with Crippen molar-refractivity contribution in [3.8, 4) is 11.4 Å². The minimum absolute atomic E-state index is 0.138. The van der Waals surface area contributed by atoms with Gasteiger partial charge in [0.05, 0.1) is 29.3 Å². The van der Waals surface area contributed by atoms with Crippen LogP contribution in [0.4, 0.5) is 5.82 Å². The van der Waals surface area contributed by atoms with Crippen LogP contribution in [0.5, 0.6) is 5.75 Å². The fourth-order valence-electron chi connectivity index (χ4n) is 3.85. The van der Waals surface area contributed by atoms with Crippen molar-refractivity contribution in [1.82, 2.24) is 14.1 Å². The second-order valence-electron chi connectivity index (χ2n) is 7.79. The van der Waals surface area contributed by atoms with Crippen LogP contribution >= 0.6 is 0 Å². The van der Waals surface area contributed by atoms with E-state index >= 15 is 0 Å². The normalized spacial score (nSPS) is 17.1. The average Bonchev–Trinajstić information content (AvgIpc) is 3.19. The number of para-hydroxylation sites is 1. The molecule has 1 aromatic heterocycles. The summed E-state index contributed by atoms with van der Waals surface area (Å²) in [6.45, 7) is 2.39. The van der Waals surface area contributed by atoms with Crippen LogP contribution in [0.1, 0.15) is 18.5 Å². The number of nitrogens with one attached hydrogen (secondary N) is 1. The molecule has 0 saturated carbocycles. The van der Waals surface area contributed by atoms with E-state index in [1.165, 1.54) is 23.5 Å². The zero-order chi connectivity index (χ0) is 22.7. The second kappa shape index (κ2) is 9.13. The number of carbonyl (C=O) groups excluding carboxylic acids is 1. The molecule has 9 heteroatoms. The molecule has 2 aromatic carbocycles. The van der Waals surface area contributed by atoms with E-state index in [2.05, 4.69) is 10.4 Å². The van der Waals surface area contributed by atoms with E-state index in [1.54, 1.807) is 22.9 Å². The number of hydrogen-bond acceptors (Lipinski definition) is 5. The highest BCUT2D eigenvalue weighted by Crippen LogP contribution is 2.26. The summed E-state index contributed by atoms with van der Waals surface area (Å²) in [6.07, 6.45) is 1.24. The van der Waals surface area contributed by atoms with E-state index in [-0.39, 0.29) is 17.3 Å². The van der Waals surface area contributed by atoms with Gasteiger partial charge in [-0.2, -0.15) is 9.40 Å². The Bertz CT molecular complexity index is 1190. The number of hydrogen-bond donors (Lipinski definition) is 1.